The van der Waals surface area contributed by atoms with E-state index in [0.29, 0.717) is 22.9 Å². The third kappa shape index (κ3) is 4.42. The first-order valence-electron chi connectivity index (χ1n) is 10.7. The van der Waals surface area contributed by atoms with E-state index in [2.05, 4.69) is 36.1 Å². The lowest BCUT2D eigenvalue weighted by molar-refractivity contribution is 0.0694. The minimum atomic E-state index is -1.24. The Morgan fingerprint density at radius 2 is 1.81 bits per heavy atom. The lowest BCUT2D eigenvalue weighted by atomic mass is 10.1. The van der Waals surface area contributed by atoms with Crippen LogP contribution in [-0.2, 0) is 0 Å². The van der Waals surface area contributed by atoms with Crippen molar-refractivity contribution in [3.8, 4) is 17.1 Å². The fourth-order valence-corrected chi connectivity index (χ4v) is 3.41. The van der Waals surface area contributed by atoms with E-state index in [1.54, 1.807) is 18.2 Å². The lowest BCUT2D eigenvalue weighted by Crippen LogP contribution is -2.04. The number of benzene rings is 2. The molecule has 0 bridgehead atoms. The van der Waals surface area contributed by atoms with Gasteiger partial charge in [-0.25, -0.2) is 14.4 Å². The van der Waals surface area contributed by atoms with E-state index in [4.69, 9.17) is 9.05 Å². The van der Waals surface area contributed by atoms with Gasteiger partial charge in [-0.2, -0.15) is 10.1 Å². The number of hydrogen-bond acceptors (Lipinski definition) is 11. The molecular formula is C24H19N7O5. The number of aromatic carboxylic acids is 1. The molecular weight excluding hydrogens is 466 g/mol. The van der Waals surface area contributed by atoms with Gasteiger partial charge in [-0.1, -0.05) is 12.1 Å². The van der Waals surface area contributed by atoms with Gasteiger partial charge in [0, 0.05) is 11.3 Å². The molecule has 3 heterocycles. The van der Waals surface area contributed by atoms with Gasteiger partial charge in [0.2, 0.25) is 11.3 Å². The molecule has 0 saturated carbocycles. The van der Waals surface area contributed by atoms with E-state index in [9.17, 15) is 15.0 Å². The predicted octanol–water partition coefficient (Wildman–Crippen LogP) is 4.48. The number of carboxylic acids is 1. The number of hydrazone groups is 1. The summed E-state index contributed by atoms with van der Waals surface area (Å²) in [7, 11) is 0. The first-order chi connectivity index (χ1) is 17.4. The van der Waals surface area contributed by atoms with Crippen molar-refractivity contribution in [3.63, 3.8) is 0 Å². The number of furan rings is 1. The van der Waals surface area contributed by atoms with Gasteiger partial charge in [-0.15, -0.1) is 0 Å². The van der Waals surface area contributed by atoms with Crippen molar-refractivity contribution in [2.45, 2.75) is 13.8 Å². The smallest absolute Gasteiger partial charge is 0.339 e. The van der Waals surface area contributed by atoms with Crippen molar-refractivity contribution in [1.29, 1.82) is 0 Å². The summed E-state index contributed by atoms with van der Waals surface area (Å²) >= 11 is 0. The van der Waals surface area contributed by atoms with Crippen molar-refractivity contribution in [3.05, 3.63) is 71.0 Å². The van der Waals surface area contributed by atoms with Crippen LogP contribution in [0.5, 0.6) is 5.75 Å². The summed E-state index contributed by atoms with van der Waals surface area (Å²) in [4.78, 5) is 20.1. The summed E-state index contributed by atoms with van der Waals surface area (Å²) in [5, 5.41) is 33.8. The average Bonchev–Trinajstić information content (AvgIpc) is 3.51. The monoisotopic (exact) mass is 485 g/mol. The lowest BCUT2D eigenvalue weighted by Gasteiger charge is -2.12. The second-order valence-electron chi connectivity index (χ2n) is 7.81. The summed E-state index contributed by atoms with van der Waals surface area (Å²) in [5.74, 6) is -0.108. The van der Waals surface area contributed by atoms with Crippen LogP contribution in [-0.4, -0.2) is 42.7 Å². The Bertz CT molecular complexity index is 1620. The summed E-state index contributed by atoms with van der Waals surface area (Å²) in [6, 6.07) is 13.4. The summed E-state index contributed by atoms with van der Waals surface area (Å²) in [6.07, 6.45) is 1.43. The molecule has 0 fully saturated rings. The molecule has 0 aliphatic heterocycles. The number of fused-ring (bicyclic) bond motifs is 1. The topological polar surface area (TPSA) is 172 Å². The Hall–Kier alpha value is -5.26. The van der Waals surface area contributed by atoms with Crippen molar-refractivity contribution in [2.24, 2.45) is 5.10 Å². The number of carboxylic acid groups (broad SMARTS) is 1. The molecule has 36 heavy (non-hydrogen) atoms. The van der Waals surface area contributed by atoms with Crippen molar-refractivity contribution < 1.29 is 24.1 Å². The Morgan fingerprint density at radius 1 is 1.03 bits per heavy atom. The minimum Gasteiger partial charge on any atom is -0.507 e. The first-order valence-corrected chi connectivity index (χ1v) is 10.7. The zero-order valence-electron chi connectivity index (χ0n) is 19.1. The van der Waals surface area contributed by atoms with Gasteiger partial charge in [-0.05, 0) is 71.7 Å². The summed E-state index contributed by atoms with van der Waals surface area (Å²) < 4.78 is 10.5. The highest BCUT2D eigenvalue weighted by Gasteiger charge is 2.15. The van der Waals surface area contributed by atoms with E-state index in [1.807, 2.05) is 32.0 Å². The van der Waals surface area contributed by atoms with Crippen molar-refractivity contribution in [2.75, 3.05) is 10.7 Å². The Balaban J connectivity index is 1.39. The molecule has 0 atom stereocenters. The van der Waals surface area contributed by atoms with E-state index < -0.39 is 5.97 Å². The van der Waals surface area contributed by atoms with Crippen LogP contribution in [0, 0.1) is 13.8 Å². The normalized spacial score (nSPS) is 11.3. The maximum Gasteiger partial charge on any atom is 0.339 e. The van der Waals surface area contributed by atoms with Crippen LogP contribution >= 0.6 is 0 Å². The van der Waals surface area contributed by atoms with Gasteiger partial charge < -0.3 is 19.9 Å². The standard InChI is InChI=1S/C24H19N7O5/c1-12-4-3-5-17(13(12)2)26-20-21(28-23-22(27-20)30-36-31-23)29-25-11-15-7-9-19(35-15)14-6-8-18(32)16(10-14)24(33)34/h3-11,32H,1-2H3,(H,33,34)(H,26,27,30)(H,28,29,31)/b25-11-. The SMILES string of the molecule is Cc1cccc(Nc2nc3nonc3nc2N/N=C\c2ccc(-c3ccc(O)c(C(=O)O)c3)o2)c1C. The van der Waals surface area contributed by atoms with Crippen LogP contribution in [0.3, 0.4) is 0 Å². The molecule has 4 N–H and O–H groups in total. The molecule has 12 nitrogen and oxygen atoms in total. The van der Waals surface area contributed by atoms with Gasteiger partial charge in [-0.3, -0.25) is 5.43 Å². The van der Waals surface area contributed by atoms with Crippen LogP contribution < -0.4 is 10.7 Å². The van der Waals surface area contributed by atoms with Crippen molar-refractivity contribution in [1.82, 2.24) is 20.3 Å². The number of carbonyl (C=O) groups is 1. The van der Waals surface area contributed by atoms with Crippen LogP contribution in [0.2, 0.25) is 0 Å². The molecule has 0 aliphatic carbocycles. The number of rotatable bonds is 7. The quantitative estimate of drug-likeness (QED) is 0.189. The number of hydrogen-bond donors (Lipinski definition) is 4. The fraction of sp³-hybridized carbons (Fsp3) is 0.0833. The third-order valence-electron chi connectivity index (χ3n) is 5.47. The molecule has 2 aromatic carbocycles. The molecule has 0 spiro atoms. The number of nitrogens with one attached hydrogen (secondary N) is 2. The average molecular weight is 485 g/mol. The molecule has 0 unspecified atom stereocenters. The Kier molecular flexibility index (Phi) is 5.74. The number of aryl methyl sites for hydroxylation is 1. The summed E-state index contributed by atoms with van der Waals surface area (Å²) in [5.41, 5.74) is 6.56. The number of phenols is 1. The zero-order chi connectivity index (χ0) is 25.2. The molecule has 12 heteroatoms. The molecule has 3 aromatic heterocycles. The maximum atomic E-state index is 11.3. The maximum absolute atomic E-state index is 11.3. The number of anilines is 3. The minimum absolute atomic E-state index is 0.209. The highest BCUT2D eigenvalue weighted by atomic mass is 16.6. The van der Waals surface area contributed by atoms with E-state index >= 15 is 0 Å². The van der Waals surface area contributed by atoms with E-state index in [1.165, 1.54) is 18.3 Å². The molecule has 0 aliphatic rings. The number of aromatic nitrogens is 4. The second-order valence-corrected chi connectivity index (χ2v) is 7.81. The molecule has 180 valence electrons. The van der Waals surface area contributed by atoms with E-state index in [-0.39, 0.29) is 28.4 Å². The van der Waals surface area contributed by atoms with Crippen LogP contribution in [0.15, 0.2) is 62.7 Å². The van der Waals surface area contributed by atoms with Crippen LogP contribution in [0.4, 0.5) is 17.3 Å². The third-order valence-corrected chi connectivity index (χ3v) is 5.47. The van der Waals surface area contributed by atoms with Crippen LogP contribution in [0.25, 0.3) is 22.6 Å². The molecule has 0 amide bonds. The van der Waals surface area contributed by atoms with Gasteiger partial charge >= 0.3 is 5.97 Å². The predicted molar refractivity (Wildman–Crippen MR) is 131 cm³/mol. The second kappa shape index (κ2) is 9.18. The van der Waals surface area contributed by atoms with E-state index in [0.717, 1.165) is 16.8 Å². The molecule has 0 saturated heterocycles. The number of nitrogens with zero attached hydrogens (tertiary/aromatic N) is 5. The van der Waals surface area contributed by atoms with Gasteiger partial charge in [0.25, 0.3) is 0 Å². The molecule has 0 radical (unpaired) electrons. The molecule has 5 aromatic rings. The molecule has 5 rings (SSSR count). The summed E-state index contributed by atoms with van der Waals surface area (Å²) in [6.45, 7) is 4.01. The Morgan fingerprint density at radius 3 is 2.58 bits per heavy atom. The van der Waals surface area contributed by atoms with Gasteiger partial charge in [0.05, 0.1) is 6.21 Å². The number of aromatic hydroxyl groups is 1. The first kappa shape index (κ1) is 22.5. The zero-order valence-corrected chi connectivity index (χ0v) is 19.1. The van der Waals surface area contributed by atoms with Crippen LogP contribution in [0.1, 0.15) is 27.2 Å². The van der Waals surface area contributed by atoms with Crippen molar-refractivity contribution >= 4 is 40.8 Å². The van der Waals surface area contributed by atoms with Gasteiger partial charge in [0.15, 0.2) is 11.6 Å². The van der Waals surface area contributed by atoms with Gasteiger partial charge in [0.1, 0.15) is 22.8 Å². The fourth-order valence-electron chi connectivity index (χ4n) is 3.41. The largest absolute Gasteiger partial charge is 0.507 e. The highest BCUT2D eigenvalue weighted by Crippen LogP contribution is 2.28. The Labute approximate surface area is 203 Å². The highest BCUT2D eigenvalue weighted by molar-refractivity contribution is 5.92.